The van der Waals surface area contributed by atoms with E-state index >= 15 is 0 Å². The molecule has 3 amide bonds. The number of rotatable bonds is 4. The zero-order valence-corrected chi connectivity index (χ0v) is 16.8. The number of nitrogens with zero attached hydrogens (tertiary/aromatic N) is 3. The van der Waals surface area contributed by atoms with E-state index in [1.165, 1.54) is 0 Å². The Morgan fingerprint density at radius 1 is 1.21 bits per heavy atom. The molecule has 1 saturated heterocycles. The fourth-order valence-corrected chi connectivity index (χ4v) is 3.78. The standard InChI is InChI=1S/C20H27N5O3/c1-13-18(19(26)23-15-6-5-7-17(12-15)28-4)22-14(2)25(13)16-8-10-24(11-9-16)20(27)21-3/h5-7,12,16H,8-11H2,1-4H3,(H,21,27)(H,23,26). The molecule has 0 bridgehead atoms. The topological polar surface area (TPSA) is 88.5 Å². The number of ether oxygens (including phenoxy) is 1. The molecule has 1 aromatic carbocycles. The molecule has 0 unspecified atom stereocenters. The molecule has 0 atom stereocenters. The molecular formula is C20H27N5O3. The summed E-state index contributed by atoms with van der Waals surface area (Å²) >= 11 is 0. The SMILES string of the molecule is CNC(=O)N1CCC(n2c(C)nc(C(=O)Nc3cccc(OC)c3)c2C)CC1. The molecule has 3 rings (SSSR count). The van der Waals surface area contributed by atoms with Crippen molar-refractivity contribution in [1.29, 1.82) is 0 Å². The summed E-state index contributed by atoms with van der Waals surface area (Å²) in [4.78, 5) is 30.9. The summed E-state index contributed by atoms with van der Waals surface area (Å²) in [5.41, 5.74) is 1.93. The number of carbonyl (C=O) groups excluding carboxylic acids is 2. The molecule has 1 aromatic heterocycles. The Kier molecular flexibility index (Phi) is 5.87. The fraction of sp³-hybridized carbons (Fsp3) is 0.450. The Labute approximate surface area is 164 Å². The molecule has 150 valence electrons. The lowest BCUT2D eigenvalue weighted by molar-refractivity contribution is 0.102. The summed E-state index contributed by atoms with van der Waals surface area (Å²) < 4.78 is 7.33. The van der Waals surface area contributed by atoms with Crippen LogP contribution in [0, 0.1) is 13.8 Å². The molecule has 2 aromatic rings. The van der Waals surface area contributed by atoms with Gasteiger partial charge in [0.15, 0.2) is 0 Å². The zero-order chi connectivity index (χ0) is 20.3. The van der Waals surface area contributed by atoms with Crippen molar-refractivity contribution < 1.29 is 14.3 Å². The van der Waals surface area contributed by atoms with Crippen LogP contribution in [0.5, 0.6) is 5.75 Å². The first kappa shape index (κ1) is 19.7. The van der Waals surface area contributed by atoms with Gasteiger partial charge in [-0.1, -0.05) is 6.07 Å². The monoisotopic (exact) mass is 385 g/mol. The first-order chi connectivity index (χ1) is 13.4. The number of urea groups is 1. The van der Waals surface area contributed by atoms with Crippen molar-refractivity contribution in [1.82, 2.24) is 19.8 Å². The van der Waals surface area contributed by atoms with Gasteiger partial charge in [-0.2, -0.15) is 0 Å². The van der Waals surface area contributed by atoms with Gasteiger partial charge in [0.2, 0.25) is 0 Å². The van der Waals surface area contributed by atoms with Gasteiger partial charge in [-0.3, -0.25) is 4.79 Å². The van der Waals surface area contributed by atoms with Crippen molar-refractivity contribution in [2.45, 2.75) is 32.7 Å². The zero-order valence-electron chi connectivity index (χ0n) is 16.8. The first-order valence-corrected chi connectivity index (χ1v) is 9.42. The molecule has 2 heterocycles. The number of carbonyl (C=O) groups is 2. The number of hydrogen-bond acceptors (Lipinski definition) is 4. The lowest BCUT2D eigenvalue weighted by atomic mass is 10.0. The summed E-state index contributed by atoms with van der Waals surface area (Å²) in [5.74, 6) is 1.25. The average molecular weight is 385 g/mol. The van der Waals surface area contributed by atoms with Crippen LogP contribution >= 0.6 is 0 Å². The van der Waals surface area contributed by atoms with Gasteiger partial charge >= 0.3 is 6.03 Å². The number of anilines is 1. The fourth-order valence-electron chi connectivity index (χ4n) is 3.78. The van der Waals surface area contributed by atoms with Crippen LogP contribution in [0.1, 0.15) is 40.9 Å². The van der Waals surface area contributed by atoms with Gasteiger partial charge in [0.25, 0.3) is 5.91 Å². The van der Waals surface area contributed by atoms with Gasteiger partial charge in [-0.05, 0) is 38.8 Å². The molecule has 8 nitrogen and oxygen atoms in total. The number of hydrogen-bond donors (Lipinski definition) is 2. The molecule has 0 radical (unpaired) electrons. The largest absolute Gasteiger partial charge is 0.497 e. The van der Waals surface area contributed by atoms with Gasteiger partial charge in [0.05, 0.1) is 7.11 Å². The van der Waals surface area contributed by atoms with Crippen LogP contribution in [0.15, 0.2) is 24.3 Å². The summed E-state index contributed by atoms with van der Waals surface area (Å²) in [5, 5.41) is 5.56. The van der Waals surface area contributed by atoms with Crippen molar-refractivity contribution in [3.63, 3.8) is 0 Å². The maximum atomic E-state index is 12.8. The third kappa shape index (κ3) is 3.95. The highest BCUT2D eigenvalue weighted by Gasteiger charge is 2.27. The van der Waals surface area contributed by atoms with E-state index in [9.17, 15) is 9.59 Å². The average Bonchev–Trinajstić information content (AvgIpc) is 3.01. The van der Waals surface area contributed by atoms with Gasteiger partial charge in [-0.25, -0.2) is 9.78 Å². The molecule has 2 N–H and O–H groups in total. The number of imidazole rings is 1. The second-order valence-corrected chi connectivity index (χ2v) is 6.92. The van der Waals surface area contributed by atoms with Crippen molar-refractivity contribution in [3.8, 4) is 5.75 Å². The molecule has 28 heavy (non-hydrogen) atoms. The van der Waals surface area contributed by atoms with E-state index < -0.39 is 0 Å². The molecule has 0 aliphatic carbocycles. The van der Waals surface area contributed by atoms with E-state index in [2.05, 4.69) is 20.2 Å². The van der Waals surface area contributed by atoms with E-state index in [4.69, 9.17) is 4.74 Å². The maximum Gasteiger partial charge on any atom is 0.317 e. The van der Waals surface area contributed by atoms with Gasteiger partial charge in [-0.15, -0.1) is 0 Å². The van der Waals surface area contributed by atoms with Crippen molar-refractivity contribution in [2.24, 2.45) is 0 Å². The summed E-state index contributed by atoms with van der Waals surface area (Å²) in [7, 11) is 3.23. The van der Waals surface area contributed by atoms with Crippen LogP contribution in [0.2, 0.25) is 0 Å². The highest BCUT2D eigenvalue weighted by molar-refractivity contribution is 6.03. The molecule has 8 heteroatoms. The van der Waals surface area contributed by atoms with E-state index in [1.807, 2.05) is 36.9 Å². The number of aryl methyl sites for hydroxylation is 1. The Bertz CT molecular complexity index is 869. The van der Waals surface area contributed by atoms with Crippen LogP contribution in [-0.2, 0) is 0 Å². The number of methoxy groups -OCH3 is 1. The predicted molar refractivity (Wildman–Crippen MR) is 107 cm³/mol. The lowest BCUT2D eigenvalue weighted by Gasteiger charge is -2.33. The number of benzene rings is 1. The van der Waals surface area contributed by atoms with Crippen molar-refractivity contribution in [2.75, 3.05) is 32.6 Å². The Hall–Kier alpha value is -3.03. The highest BCUT2D eigenvalue weighted by atomic mass is 16.5. The quantitative estimate of drug-likeness (QED) is 0.847. The third-order valence-corrected chi connectivity index (χ3v) is 5.20. The summed E-state index contributed by atoms with van der Waals surface area (Å²) in [6.45, 7) is 5.21. The molecular weight excluding hydrogens is 358 g/mol. The third-order valence-electron chi connectivity index (χ3n) is 5.20. The molecule has 0 spiro atoms. The minimum absolute atomic E-state index is 0.0455. The van der Waals surface area contributed by atoms with Crippen LogP contribution in [0.4, 0.5) is 10.5 Å². The predicted octanol–water partition coefficient (Wildman–Crippen LogP) is 2.74. The molecule has 0 saturated carbocycles. The van der Waals surface area contributed by atoms with E-state index in [-0.39, 0.29) is 18.0 Å². The Balaban J connectivity index is 1.74. The Morgan fingerprint density at radius 3 is 2.57 bits per heavy atom. The molecule has 1 fully saturated rings. The Morgan fingerprint density at radius 2 is 1.93 bits per heavy atom. The minimum atomic E-state index is -0.240. The molecule has 1 aliphatic heterocycles. The number of amides is 3. The maximum absolute atomic E-state index is 12.8. The van der Waals surface area contributed by atoms with Gasteiger partial charge < -0.3 is 24.8 Å². The summed E-state index contributed by atoms with van der Waals surface area (Å²) in [6.07, 6.45) is 1.67. The summed E-state index contributed by atoms with van der Waals surface area (Å²) in [6, 6.07) is 7.42. The van der Waals surface area contributed by atoms with Gasteiger partial charge in [0.1, 0.15) is 17.3 Å². The second kappa shape index (κ2) is 8.33. The van der Waals surface area contributed by atoms with Crippen LogP contribution in [0.25, 0.3) is 0 Å². The van der Waals surface area contributed by atoms with Gasteiger partial charge in [0, 0.05) is 43.6 Å². The number of piperidine rings is 1. The van der Waals surface area contributed by atoms with Crippen molar-refractivity contribution >= 4 is 17.6 Å². The van der Waals surface area contributed by atoms with E-state index in [1.54, 1.807) is 20.2 Å². The van der Waals surface area contributed by atoms with Crippen LogP contribution in [0.3, 0.4) is 0 Å². The molecule has 1 aliphatic rings. The minimum Gasteiger partial charge on any atom is -0.497 e. The first-order valence-electron chi connectivity index (χ1n) is 9.42. The number of nitrogens with one attached hydrogen (secondary N) is 2. The lowest BCUT2D eigenvalue weighted by Crippen LogP contribution is -2.43. The highest BCUT2D eigenvalue weighted by Crippen LogP contribution is 2.27. The van der Waals surface area contributed by atoms with E-state index in [0.717, 1.165) is 24.4 Å². The normalized spacial score (nSPS) is 14.6. The number of aromatic nitrogens is 2. The van der Waals surface area contributed by atoms with Crippen LogP contribution < -0.4 is 15.4 Å². The number of likely N-dealkylation sites (tertiary alicyclic amines) is 1. The smallest absolute Gasteiger partial charge is 0.317 e. The second-order valence-electron chi connectivity index (χ2n) is 6.92. The van der Waals surface area contributed by atoms with Crippen molar-refractivity contribution in [3.05, 3.63) is 41.5 Å². The van der Waals surface area contributed by atoms with E-state index in [0.29, 0.717) is 30.2 Å². The van der Waals surface area contributed by atoms with Crippen LogP contribution in [-0.4, -0.2) is 53.6 Å².